The van der Waals surface area contributed by atoms with Crippen molar-refractivity contribution in [2.45, 2.75) is 25.9 Å². The Bertz CT molecular complexity index is 622. The zero-order valence-electron chi connectivity index (χ0n) is 13.9. The van der Waals surface area contributed by atoms with Crippen molar-refractivity contribution < 1.29 is 22.8 Å². The molecule has 1 aromatic rings. The standard InChI is InChI=1S/C17H21F3N2O2S/c1-12-4-2-6-14(8-12)21-15(23)10-25-11-16(24)22-7-3-5-13(9-22)17(18,19)20/h2,4,6,8,13H,3,5,7,9-11H2,1H3,(H,21,23)/t13-/m1/s1. The minimum Gasteiger partial charge on any atom is -0.341 e. The van der Waals surface area contributed by atoms with Gasteiger partial charge < -0.3 is 10.2 Å². The van der Waals surface area contributed by atoms with Crippen LogP contribution < -0.4 is 5.32 Å². The molecular formula is C17H21F3N2O2S. The predicted molar refractivity (Wildman–Crippen MR) is 92.5 cm³/mol. The summed E-state index contributed by atoms with van der Waals surface area (Å²) in [5.41, 5.74) is 1.70. The number of nitrogens with one attached hydrogen (secondary N) is 1. The molecule has 1 atom stereocenters. The number of likely N-dealkylation sites (tertiary alicyclic amines) is 1. The largest absolute Gasteiger partial charge is 0.393 e. The van der Waals surface area contributed by atoms with E-state index < -0.39 is 12.1 Å². The molecule has 2 amide bonds. The average Bonchev–Trinajstić information content (AvgIpc) is 2.54. The van der Waals surface area contributed by atoms with E-state index in [2.05, 4.69) is 5.32 Å². The number of rotatable bonds is 5. The predicted octanol–water partition coefficient (Wildman–Crippen LogP) is 3.47. The summed E-state index contributed by atoms with van der Waals surface area (Å²) in [5.74, 6) is -1.94. The van der Waals surface area contributed by atoms with Gasteiger partial charge in [0, 0.05) is 18.8 Å². The highest BCUT2D eigenvalue weighted by Crippen LogP contribution is 2.33. The first-order valence-corrected chi connectivity index (χ1v) is 9.20. The van der Waals surface area contributed by atoms with Crippen molar-refractivity contribution in [3.63, 3.8) is 0 Å². The number of halogens is 3. The summed E-state index contributed by atoms with van der Waals surface area (Å²) < 4.78 is 38.3. The van der Waals surface area contributed by atoms with Crippen molar-refractivity contribution in [1.82, 2.24) is 4.90 Å². The van der Waals surface area contributed by atoms with E-state index in [-0.39, 0.29) is 36.3 Å². The van der Waals surface area contributed by atoms with Gasteiger partial charge in [0.05, 0.1) is 17.4 Å². The van der Waals surface area contributed by atoms with Crippen LogP contribution in [0.25, 0.3) is 0 Å². The Morgan fingerprint density at radius 2 is 2.08 bits per heavy atom. The highest BCUT2D eigenvalue weighted by Gasteiger charge is 2.42. The molecule has 4 nitrogen and oxygen atoms in total. The number of thioether (sulfide) groups is 1. The normalized spacial score (nSPS) is 18.1. The zero-order valence-corrected chi connectivity index (χ0v) is 14.8. The van der Waals surface area contributed by atoms with Crippen LogP contribution in [0.4, 0.5) is 18.9 Å². The molecule has 0 bridgehead atoms. The molecule has 0 aromatic heterocycles. The summed E-state index contributed by atoms with van der Waals surface area (Å²) >= 11 is 1.11. The second-order valence-electron chi connectivity index (χ2n) is 6.13. The van der Waals surface area contributed by atoms with E-state index in [0.29, 0.717) is 18.7 Å². The highest BCUT2D eigenvalue weighted by atomic mass is 32.2. The first kappa shape index (κ1) is 19.6. The molecule has 1 aliphatic heterocycles. The molecule has 0 saturated carbocycles. The Kier molecular flexibility index (Phi) is 6.75. The van der Waals surface area contributed by atoms with Crippen molar-refractivity contribution >= 4 is 29.3 Å². The van der Waals surface area contributed by atoms with Crippen LogP contribution in [0.15, 0.2) is 24.3 Å². The second-order valence-corrected chi connectivity index (χ2v) is 7.12. The topological polar surface area (TPSA) is 49.4 Å². The van der Waals surface area contributed by atoms with E-state index in [1.54, 1.807) is 6.07 Å². The second kappa shape index (κ2) is 8.60. The van der Waals surface area contributed by atoms with Crippen LogP contribution in [0.2, 0.25) is 0 Å². The lowest BCUT2D eigenvalue weighted by Gasteiger charge is -2.33. The lowest BCUT2D eigenvalue weighted by Crippen LogP contribution is -2.45. The van der Waals surface area contributed by atoms with Crippen LogP contribution >= 0.6 is 11.8 Å². The van der Waals surface area contributed by atoms with Gasteiger partial charge in [-0.1, -0.05) is 12.1 Å². The third-order valence-corrected chi connectivity index (χ3v) is 4.91. The number of piperidine rings is 1. The molecule has 2 rings (SSSR count). The van der Waals surface area contributed by atoms with E-state index in [1.165, 1.54) is 4.90 Å². The maximum atomic E-state index is 12.8. The molecule has 138 valence electrons. The summed E-state index contributed by atoms with van der Waals surface area (Å²) in [5, 5.41) is 2.73. The maximum absolute atomic E-state index is 12.8. The highest BCUT2D eigenvalue weighted by molar-refractivity contribution is 8.00. The SMILES string of the molecule is Cc1cccc(NC(=O)CSCC(=O)N2CCC[C@@H](C(F)(F)F)C2)c1. The smallest absolute Gasteiger partial charge is 0.341 e. The Labute approximate surface area is 149 Å². The molecule has 8 heteroatoms. The Balaban J connectivity index is 1.73. The zero-order chi connectivity index (χ0) is 18.4. The van der Waals surface area contributed by atoms with Gasteiger partial charge in [0.2, 0.25) is 11.8 Å². The van der Waals surface area contributed by atoms with Crippen LogP contribution in [0.1, 0.15) is 18.4 Å². The minimum atomic E-state index is -4.26. The minimum absolute atomic E-state index is 0.00577. The molecule has 0 unspecified atom stereocenters. The third-order valence-electron chi connectivity index (χ3n) is 4.00. The van der Waals surface area contributed by atoms with Gasteiger partial charge in [-0.15, -0.1) is 11.8 Å². The Hall–Kier alpha value is -1.70. The van der Waals surface area contributed by atoms with Crippen LogP contribution in [-0.2, 0) is 9.59 Å². The number of alkyl halides is 3. The summed E-state index contributed by atoms with van der Waals surface area (Å²) in [6, 6.07) is 7.34. The van der Waals surface area contributed by atoms with Gasteiger partial charge in [0.1, 0.15) is 0 Å². The first-order chi connectivity index (χ1) is 11.8. The third kappa shape index (κ3) is 6.26. The summed E-state index contributed by atoms with van der Waals surface area (Å²) in [6.45, 7) is 1.98. The van der Waals surface area contributed by atoms with Crippen molar-refractivity contribution in [2.75, 3.05) is 29.9 Å². The molecule has 1 aliphatic rings. The number of aryl methyl sites for hydroxylation is 1. The number of carbonyl (C=O) groups excluding carboxylic acids is 2. The number of amides is 2. The molecule has 1 heterocycles. The molecule has 0 radical (unpaired) electrons. The van der Waals surface area contributed by atoms with Gasteiger partial charge in [-0.05, 0) is 37.5 Å². The van der Waals surface area contributed by atoms with Crippen LogP contribution in [0.5, 0.6) is 0 Å². The van der Waals surface area contributed by atoms with Crippen molar-refractivity contribution in [3.05, 3.63) is 29.8 Å². The molecule has 1 N–H and O–H groups in total. The Morgan fingerprint density at radius 3 is 2.76 bits per heavy atom. The lowest BCUT2D eigenvalue weighted by molar-refractivity contribution is -0.187. The van der Waals surface area contributed by atoms with E-state index >= 15 is 0 Å². The monoisotopic (exact) mass is 374 g/mol. The Morgan fingerprint density at radius 1 is 1.32 bits per heavy atom. The van der Waals surface area contributed by atoms with E-state index in [1.807, 2.05) is 25.1 Å². The van der Waals surface area contributed by atoms with Crippen LogP contribution in [-0.4, -0.2) is 47.5 Å². The molecule has 1 fully saturated rings. The summed E-state index contributed by atoms with van der Waals surface area (Å²) in [7, 11) is 0. The quantitative estimate of drug-likeness (QED) is 0.859. The van der Waals surface area contributed by atoms with E-state index in [9.17, 15) is 22.8 Å². The number of carbonyl (C=O) groups is 2. The molecule has 0 aliphatic carbocycles. The van der Waals surface area contributed by atoms with Crippen LogP contribution in [0.3, 0.4) is 0 Å². The van der Waals surface area contributed by atoms with Crippen LogP contribution in [0, 0.1) is 12.8 Å². The fraction of sp³-hybridized carbons (Fsp3) is 0.529. The molecule has 0 spiro atoms. The van der Waals surface area contributed by atoms with Gasteiger partial charge in [0.15, 0.2) is 0 Å². The summed E-state index contributed by atoms with van der Waals surface area (Å²) in [4.78, 5) is 25.2. The number of hydrogen-bond donors (Lipinski definition) is 1. The number of benzene rings is 1. The van der Waals surface area contributed by atoms with Gasteiger partial charge in [0.25, 0.3) is 0 Å². The average molecular weight is 374 g/mol. The van der Waals surface area contributed by atoms with E-state index in [0.717, 1.165) is 17.3 Å². The number of anilines is 1. The van der Waals surface area contributed by atoms with E-state index in [4.69, 9.17) is 0 Å². The molecule has 1 aromatic carbocycles. The number of hydrogen-bond acceptors (Lipinski definition) is 3. The maximum Gasteiger partial charge on any atom is 0.393 e. The molecule has 1 saturated heterocycles. The fourth-order valence-corrected chi connectivity index (χ4v) is 3.43. The van der Waals surface area contributed by atoms with Gasteiger partial charge in [-0.2, -0.15) is 13.2 Å². The fourth-order valence-electron chi connectivity index (χ4n) is 2.71. The first-order valence-electron chi connectivity index (χ1n) is 8.04. The molecular weight excluding hydrogens is 353 g/mol. The van der Waals surface area contributed by atoms with Gasteiger partial charge in [-0.3, -0.25) is 9.59 Å². The van der Waals surface area contributed by atoms with Crippen molar-refractivity contribution in [2.24, 2.45) is 5.92 Å². The van der Waals surface area contributed by atoms with Gasteiger partial charge in [-0.25, -0.2) is 0 Å². The molecule has 25 heavy (non-hydrogen) atoms. The van der Waals surface area contributed by atoms with Gasteiger partial charge >= 0.3 is 6.18 Å². The van der Waals surface area contributed by atoms with Crippen molar-refractivity contribution in [1.29, 1.82) is 0 Å². The van der Waals surface area contributed by atoms with Crippen molar-refractivity contribution in [3.8, 4) is 0 Å². The lowest BCUT2D eigenvalue weighted by atomic mass is 9.97. The summed E-state index contributed by atoms with van der Waals surface area (Å²) in [6.07, 6.45) is -3.84. The number of nitrogens with zero attached hydrogens (tertiary/aromatic N) is 1.